The molecule has 176 valence electrons. The van der Waals surface area contributed by atoms with Crippen LogP contribution in [0.25, 0.3) is 0 Å². The molecule has 3 rings (SSSR count). The van der Waals surface area contributed by atoms with Gasteiger partial charge in [0.1, 0.15) is 23.5 Å². The van der Waals surface area contributed by atoms with Gasteiger partial charge in [0.15, 0.2) is 0 Å². The number of benzene rings is 1. The Hall–Kier alpha value is -3.41. The number of fused-ring (bicyclic) bond motifs is 2. The number of piperidine rings is 1. The van der Waals surface area contributed by atoms with E-state index in [0.717, 1.165) is 19.3 Å². The van der Waals surface area contributed by atoms with Gasteiger partial charge < -0.3 is 21.2 Å². The van der Waals surface area contributed by atoms with Crippen molar-refractivity contribution < 1.29 is 18.7 Å². The Morgan fingerprint density at radius 2 is 2.15 bits per heavy atom. The smallest absolute Gasteiger partial charge is 0.411 e. The number of nitrogens with zero attached hydrogens (tertiary/aromatic N) is 2. The summed E-state index contributed by atoms with van der Waals surface area (Å²) in [7, 11) is 0. The van der Waals surface area contributed by atoms with Crippen LogP contribution in [0.3, 0.4) is 0 Å². The number of amides is 2. The summed E-state index contributed by atoms with van der Waals surface area (Å²) in [6.07, 6.45) is 4.36. The van der Waals surface area contributed by atoms with Crippen molar-refractivity contribution in [2.75, 3.05) is 0 Å². The number of likely N-dealkylation sites (tertiary alicyclic amines) is 1. The zero-order valence-electron chi connectivity index (χ0n) is 19.1. The first kappa shape index (κ1) is 24.2. The largest absolute Gasteiger partial charge is 0.444 e. The predicted octanol–water partition coefficient (Wildman–Crippen LogP) is 3.00. The normalized spacial score (nSPS) is 22.8. The first-order valence-corrected chi connectivity index (χ1v) is 11.0. The zero-order chi connectivity index (χ0) is 24.3. The number of hydrogen-bond donors (Lipinski definition) is 3. The minimum Gasteiger partial charge on any atom is -0.444 e. The Morgan fingerprint density at radius 1 is 1.42 bits per heavy atom. The fourth-order valence-corrected chi connectivity index (χ4v) is 4.58. The lowest BCUT2D eigenvalue weighted by Gasteiger charge is -2.35. The summed E-state index contributed by atoms with van der Waals surface area (Å²) < 4.78 is 20.1. The molecule has 1 aromatic carbocycles. The van der Waals surface area contributed by atoms with Crippen LogP contribution >= 0.6 is 0 Å². The molecule has 1 saturated carbocycles. The van der Waals surface area contributed by atoms with Crippen molar-refractivity contribution in [3.8, 4) is 6.07 Å². The van der Waals surface area contributed by atoms with E-state index in [1.165, 1.54) is 29.3 Å². The molecule has 2 aliphatic rings. The molecule has 2 fully saturated rings. The maximum Gasteiger partial charge on any atom is 0.411 e. The summed E-state index contributed by atoms with van der Waals surface area (Å²) in [5.41, 5.74) is 5.25. The second-order valence-corrected chi connectivity index (χ2v) is 9.53. The van der Waals surface area contributed by atoms with Crippen LogP contribution in [-0.2, 0) is 16.0 Å². The molecule has 4 N–H and O–H groups in total. The van der Waals surface area contributed by atoms with Crippen molar-refractivity contribution in [3.63, 3.8) is 0 Å². The van der Waals surface area contributed by atoms with Crippen LogP contribution < -0.4 is 11.1 Å². The second-order valence-electron chi connectivity index (χ2n) is 9.53. The molecule has 1 aliphatic heterocycles. The summed E-state index contributed by atoms with van der Waals surface area (Å²) in [6, 6.07) is 4.55. The molecule has 2 bridgehead atoms. The molecule has 0 aromatic heterocycles. The van der Waals surface area contributed by atoms with Crippen molar-refractivity contribution in [3.05, 3.63) is 47.4 Å². The van der Waals surface area contributed by atoms with Gasteiger partial charge in [-0.1, -0.05) is 12.1 Å². The van der Waals surface area contributed by atoms with Crippen LogP contribution in [0.4, 0.5) is 9.18 Å². The number of rotatable bonds is 6. The van der Waals surface area contributed by atoms with Crippen LogP contribution in [0, 0.1) is 28.5 Å². The highest BCUT2D eigenvalue weighted by Crippen LogP contribution is 2.43. The van der Waals surface area contributed by atoms with Gasteiger partial charge in [0.2, 0.25) is 5.91 Å². The molecule has 1 aliphatic carbocycles. The fraction of sp³-hybridized carbons (Fsp3) is 0.500. The van der Waals surface area contributed by atoms with Crippen molar-refractivity contribution in [2.24, 2.45) is 11.7 Å². The molecule has 1 unspecified atom stereocenters. The molecule has 33 heavy (non-hydrogen) atoms. The third kappa shape index (κ3) is 5.51. The minimum absolute atomic E-state index is 0.0134. The van der Waals surface area contributed by atoms with Gasteiger partial charge in [-0.25, -0.2) is 9.18 Å². The quantitative estimate of drug-likeness (QED) is 0.567. The molecule has 4 atom stereocenters. The average molecular weight is 456 g/mol. The molecule has 0 radical (unpaired) electrons. The number of nitrogens with one attached hydrogen (secondary N) is 2. The standard InChI is InChI=1S/C24H30FN5O3/c1-24(2,3)33-23(32)30-18-7-6-16(11-18)21(30)22(31)29-17(13-27)10-14-4-5-15(12-19(14)25)20(28)8-9-26/h4-5,8-9,12,16-18,21,28H,6-7,10-11,26H2,1-3H3,(H,29,31)/b9-8-,28-20?/t16?,17-,18+,21-/m0/s1. The Morgan fingerprint density at radius 3 is 2.76 bits per heavy atom. The fourth-order valence-electron chi connectivity index (χ4n) is 4.58. The number of ether oxygens (including phenoxy) is 1. The van der Waals surface area contributed by atoms with E-state index in [4.69, 9.17) is 15.9 Å². The van der Waals surface area contributed by atoms with Crippen LogP contribution in [0.5, 0.6) is 0 Å². The van der Waals surface area contributed by atoms with E-state index >= 15 is 0 Å². The Kier molecular flexibility index (Phi) is 7.06. The number of nitrogens with two attached hydrogens (primary N) is 1. The molecule has 2 amide bonds. The van der Waals surface area contributed by atoms with Gasteiger partial charge in [-0.15, -0.1) is 0 Å². The maximum atomic E-state index is 14.6. The average Bonchev–Trinajstić information content (AvgIpc) is 3.35. The SMILES string of the molecule is CC(C)(C)OC(=O)N1[C@@H]2CCC(C2)[C@H]1C(=O)N[C@H](C#N)Cc1ccc(C(=N)/C=C\N)cc1F. The van der Waals surface area contributed by atoms with E-state index < -0.39 is 35.5 Å². The van der Waals surface area contributed by atoms with Gasteiger partial charge in [0, 0.05) is 18.0 Å². The van der Waals surface area contributed by atoms with Crippen LogP contribution in [-0.4, -0.2) is 46.3 Å². The highest BCUT2D eigenvalue weighted by molar-refractivity contribution is 6.06. The maximum absolute atomic E-state index is 14.6. The number of nitriles is 1. The summed E-state index contributed by atoms with van der Waals surface area (Å²) in [5, 5.41) is 20.1. The first-order valence-electron chi connectivity index (χ1n) is 11.0. The van der Waals surface area contributed by atoms with Gasteiger partial charge in [-0.05, 0) is 69.9 Å². The Bertz CT molecular complexity index is 1010. The molecule has 1 saturated heterocycles. The van der Waals surface area contributed by atoms with Gasteiger partial charge >= 0.3 is 6.09 Å². The molecule has 0 spiro atoms. The second kappa shape index (κ2) is 9.61. The monoisotopic (exact) mass is 455 g/mol. The van der Waals surface area contributed by atoms with E-state index in [-0.39, 0.29) is 29.7 Å². The van der Waals surface area contributed by atoms with E-state index in [9.17, 15) is 19.2 Å². The number of carbonyl (C=O) groups is 2. The minimum atomic E-state index is -0.971. The first-order chi connectivity index (χ1) is 15.5. The molecular formula is C24H30FN5O3. The molecule has 9 heteroatoms. The van der Waals surface area contributed by atoms with E-state index in [1.807, 2.05) is 6.07 Å². The number of halogens is 1. The summed E-state index contributed by atoms with van der Waals surface area (Å²) in [5.74, 6) is -0.988. The van der Waals surface area contributed by atoms with E-state index in [1.54, 1.807) is 26.8 Å². The lowest BCUT2D eigenvalue weighted by atomic mass is 9.97. The molecular weight excluding hydrogens is 425 g/mol. The van der Waals surface area contributed by atoms with E-state index in [0.29, 0.717) is 5.56 Å². The van der Waals surface area contributed by atoms with Crippen molar-refractivity contribution in [1.82, 2.24) is 10.2 Å². The van der Waals surface area contributed by atoms with Crippen LogP contribution in [0.15, 0.2) is 30.5 Å². The van der Waals surface area contributed by atoms with Crippen LogP contribution in [0.2, 0.25) is 0 Å². The number of allylic oxidation sites excluding steroid dienone is 1. The lowest BCUT2D eigenvalue weighted by Crippen LogP contribution is -2.55. The highest BCUT2D eigenvalue weighted by atomic mass is 19.1. The van der Waals surface area contributed by atoms with Gasteiger partial charge in [-0.2, -0.15) is 5.26 Å². The molecule has 1 aromatic rings. The van der Waals surface area contributed by atoms with Crippen LogP contribution in [0.1, 0.15) is 51.2 Å². The van der Waals surface area contributed by atoms with Gasteiger partial charge in [0.25, 0.3) is 0 Å². The number of hydrogen-bond acceptors (Lipinski definition) is 6. The number of carbonyl (C=O) groups excluding carboxylic acids is 2. The van der Waals surface area contributed by atoms with Crippen molar-refractivity contribution >= 4 is 17.7 Å². The van der Waals surface area contributed by atoms with E-state index in [2.05, 4.69) is 5.32 Å². The van der Waals surface area contributed by atoms with Gasteiger partial charge in [-0.3, -0.25) is 9.69 Å². The molecule has 1 heterocycles. The summed E-state index contributed by atoms with van der Waals surface area (Å²) in [6.45, 7) is 5.31. The summed E-state index contributed by atoms with van der Waals surface area (Å²) >= 11 is 0. The molecule has 8 nitrogen and oxygen atoms in total. The third-order valence-electron chi connectivity index (χ3n) is 5.98. The Balaban J connectivity index is 1.71. The Labute approximate surface area is 193 Å². The van der Waals surface area contributed by atoms with Crippen molar-refractivity contribution in [1.29, 1.82) is 10.7 Å². The lowest BCUT2D eigenvalue weighted by molar-refractivity contribution is -0.128. The predicted molar refractivity (Wildman–Crippen MR) is 121 cm³/mol. The summed E-state index contributed by atoms with van der Waals surface area (Å²) in [4.78, 5) is 27.4. The zero-order valence-corrected chi connectivity index (χ0v) is 19.1. The van der Waals surface area contributed by atoms with Crippen molar-refractivity contribution in [2.45, 2.75) is 70.2 Å². The van der Waals surface area contributed by atoms with Gasteiger partial charge in [0.05, 0.1) is 11.8 Å². The topological polar surface area (TPSA) is 132 Å². The highest BCUT2D eigenvalue weighted by Gasteiger charge is 2.52. The third-order valence-corrected chi connectivity index (χ3v) is 5.98.